The minimum Gasteiger partial charge on any atom is -0.326 e. The Morgan fingerprint density at radius 1 is 1.16 bits per heavy atom. The van der Waals surface area contributed by atoms with Gasteiger partial charge in [0.05, 0.1) is 0 Å². The van der Waals surface area contributed by atoms with Crippen molar-refractivity contribution in [2.24, 2.45) is 0 Å². The molecule has 0 unspecified atom stereocenters. The maximum atomic E-state index is 12.1. The lowest BCUT2D eigenvalue weighted by molar-refractivity contribution is -0.116. The van der Waals surface area contributed by atoms with Crippen molar-refractivity contribution in [2.45, 2.75) is 18.1 Å². The van der Waals surface area contributed by atoms with Crippen LogP contribution < -0.4 is 14.9 Å². The van der Waals surface area contributed by atoms with Gasteiger partial charge in [-0.15, -0.1) is 11.3 Å². The molecule has 0 saturated heterocycles. The average molecular weight is 381 g/mol. The Morgan fingerprint density at radius 3 is 2.52 bits per heavy atom. The molecule has 0 spiro atoms. The first-order valence-corrected chi connectivity index (χ1v) is 9.85. The van der Waals surface area contributed by atoms with Crippen LogP contribution in [-0.2, 0) is 19.6 Å². The average Bonchev–Trinajstić information content (AvgIpc) is 3.06. The van der Waals surface area contributed by atoms with Gasteiger partial charge < -0.3 is 10.2 Å². The highest BCUT2D eigenvalue weighted by atomic mass is 32.2. The second-order valence-corrected chi connectivity index (χ2v) is 8.17. The van der Waals surface area contributed by atoms with Gasteiger partial charge in [-0.05, 0) is 29.6 Å². The second kappa shape index (κ2) is 8.24. The molecule has 0 radical (unpaired) electrons. The zero-order chi connectivity index (χ0) is 18.4. The summed E-state index contributed by atoms with van der Waals surface area (Å²) < 4.78 is 26.9. The van der Waals surface area contributed by atoms with Crippen LogP contribution in [0.15, 0.2) is 46.0 Å². The van der Waals surface area contributed by atoms with E-state index in [1.807, 2.05) is 0 Å². The molecule has 0 saturated carbocycles. The lowest BCUT2D eigenvalue weighted by atomic mass is 10.2. The molecule has 2 N–H and O–H groups in total. The maximum Gasteiger partial charge on any atom is 0.250 e. The number of hydrogen-bond donors (Lipinski definition) is 2. The third-order valence-corrected chi connectivity index (χ3v) is 6.10. The molecule has 0 aliphatic carbocycles. The minimum absolute atomic E-state index is 0.0736. The fourth-order valence-electron chi connectivity index (χ4n) is 2.20. The number of nitrogens with one attached hydrogen (secondary N) is 2. The smallest absolute Gasteiger partial charge is 0.250 e. The zero-order valence-corrected chi connectivity index (χ0v) is 15.5. The quantitative estimate of drug-likeness (QED) is 0.767. The van der Waals surface area contributed by atoms with Gasteiger partial charge in [-0.1, -0.05) is 12.1 Å². The van der Waals surface area contributed by atoms with E-state index in [9.17, 15) is 18.0 Å². The maximum absolute atomic E-state index is 12.1. The molecule has 134 valence electrons. The summed E-state index contributed by atoms with van der Waals surface area (Å²) in [6.45, 7) is 3.04. The van der Waals surface area contributed by atoms with Crippen molar-refractivity contribution >= 4 is 44.5 Å². The molecule has 1 aromatic carbocycles. The van der Waals surface area contributed by atoms with Crippen molar-refractivity contribution in [3.05, 3.63) is 41.8 Å². The first-order valence-electron chi connectivity index (χ1n) is 7.48. The molecular formula is C16H19N3O4S2. The highest BCUT2D eigenvalue weighted by Crippen LogP contribution is 2.20. The van der Waals surface area contributed by atoms with Crippen LogP contribution in [0.1, 0.15) is 13.8 Å². The molecular weight excluding hydrogens is 362 g/mol. The van der Waals surface area contributed by atoms with Gasteiger partial charge >= 0.3 is 0 Å². The first-order chi connectivity index (χ1) is 11.8. The van der Waals surface area contributed by atoms with Crippen LogP contribution in [0.5, 0.6) is 0 Å². The second-order valence-electron chi connectivity index (χ2n) is 5.23. The van der Waals surface area contributed by atoms with Crippen molar-refractivity contribution in [1.29, 1.82) is 0 Å². The summed E-state index contributed by atoms with van der Waals surface area (Å²) in [5.74, 6) is -0.439. The third kappa shape index (κ3) is 5.38. The number of benzene rings is 1. The Labute approximate surface area is 150 Å². The Morgan fingerprint density at radius 2 is 1.92 bits per heavy atom. The number of hydrogen-bond acceptors (Lipinski definition) is 5. The van der Waals surface area contributed by atoms with Gasteiger partial charge in [-0.25, -0.2) is 13.1 Å². The minimum atomic E-state index is -3.57. The summed E-state index contributed by atoms with van der Waals surface area (Å²) >= 11 is 1.13. The number of rotatable bonds is 7. The Kier molecular flexibility index (Phi) is 6.29. The third-order valence-electron chi connectivity index (χ3n) is 3.25. The molecule has 2 amide bonds. The van der Waals surface area contributed by atoms with Gasteiger partial charge in [0, 0.05) is 38.3 Å². The number of carbonyl (C=O) groups is 2. The molecule has 0 aliphatic rings. The fraction of sp³-hybridized carbons (Fsp3) is 0.250. The van der Waals surface area contributed by atoms with E-state index in [1.165, 1.54) is 24.8 Å². The summed E-state index contributed by atoms with van der Waals surface area (Å²) in [4.78, 5) is 24.5. The fourth-order valence-corrected chi connectivity index (χ4v) is 4.26. The van der Waals surface area contributed by atoms with Crippen LogP contribution in [0.4, 0.5) is 11.4 Å². The van der Waals surface area contributed by atoms with E-state index in [2.05, 4.69) is 10.0 Å². The summed E-state index contributed by atoms with van der Waals surface area (Å²) in [5, 5.41) is 4.34. The summed E-state index contributed by atoms with van der Waals surface area (Å²) in [7, 11) is -3.57. The Hall–Kier alpha value is -2.23. The summed E-state index contributed by atoms with van der Waals surface area (Å²) in [5.41, 5.74) is 1.14. The SMILES string of the molecule is CC(=O)Nc1cccc(N(CCNS(=O)(=O)c2cccs2)C(C)=O)c1. The van der Waals surface area contributed by atoms with Gasteiger partial charge in [0.15, 0.2) is 0 Å². The monoisotopic (exact) mass is 381 g/mol. The van der Waals surface area contributed by atoms with Crippen molar-refractivity contribution in [1.82, 2.24) is 4.72 Å². The summed E-state index contributed by atoms with van der Waals surface area (Å²) in [6.07, 6.45) is 0. The zero-order valence-electron chi connectivity index (χ0n) is 13.9. The van der Waals surface area contributed by atoms with E-state index in [4.69, 9.17) is 0 Å². The molecule has 1 heterocycles. The van der Waals surface area contributed by atoms with E-state index < -0.39 is 10.0 Å². The standard InChI is InChI=1S/C16H19N3O4S2/c1-12(20)18-14-5-3-6-15(11-14)19(13(2)21)9-8-17-25(22,23)16-7-4-10-24-16/h3-7,10-11,17H,8-9H2,1-2H3,(H,18,20). The molecule has 0 atom stereocenters. The molecule has 0 bridgehead atoms. The van der Waals surface area contributed by atoms with Crippen LogP contribution in [0.25, 0.3) is 0 Å². The lowest BCUT2D eigenvalue weighted by Crippen LogP contribution is -2.37. The van der Waals surface area contributed by atoms with Crippen molar-refractivity contribution in [3.63, 3.8) is 0 Å². The Bertz CT molecular complexity index is 848. The van der Waals surface area contributed by atoms with E-state index in [1.54, 1.807) is 35.7 Å². The van der Waals surface area contributed by atoms with Gasteiger partial charge in [0.2, 0.25) is 21.8 Å². The van der Waals surface area contributed by atoms with Crippen LogP contribution in [-0.4, -0.2) is 33.3 Å². The van der Waals surface area contributed by atoms with E-state index in [0.717, 1.165) is 11.3 Å². The van der Waals surface area contributed by atoms with Crippen molar-refractivity contribution in [2.75, 3.05) is 23.3 Å². The van der Waals surface area contributed by atoms with E-state index in [0.29, 0.717) is 11.4 Å². The summed E-state index contributed by atoms with van der Waals surface area (Å²) in [6, 6.07) is 9.99. The predicted molar refractivity (Wildman–Crippen MR) is 98.3 cm³/mol. The molecule has 1 aromatic heterocycles. The highest BCUT2D eigenvalue weighted by molar-refractivity contribution is 7.91. The molecule has 9 heteroatoms. The number of carbonyl (C=O) groups excluding carboxylic acids is 2. The van der Waals surface area contributed by atoms with Crippen molar-refractivity contribution in [3.8, 4) is 0 Å². The molecule has 0 aliphatic heterocycles. The number of anilines is 2. The largest absolute Gasteiger partial charge is 0.326 e. The van der Waals surface area contributed by atoms with Crippen LogP contribution in [0, 0.1) is 0 Å². The van der Waals surface area contributed by atoms with E-state index >= 15 is 0 Å². The number of sulfonamides is 1. The van der Waals surface area contributed by atoms with Gasteiger partial charge in [0.1, 0.15) is 4.21 Å². The topological polar surface area (TPSA) is 95.6 Å². The molecule has 2 rings (SSSR count). The van der Waals surface area contributed by atoms with Crippen LogP contribution in [0.3, 0.4) is 0 Å². The van der Waals surface area contributed by atoms with Gasteiger partial charge in [-0.3, -0.25) is 9.59 Å². The molecule has 7 nitrogen and oxygen atoms in total. The van der Waals surface area contributed by atoms with Crippen LogP contribution >= 0.6 is 11.3 Å². The molecule has 2 aromatic rings. The van der Waals surface area contributed by atoms with Crippen LogP contribution in [0.2, 0.25) is 0 Å². The number of thiophene rings is 1. The van der Waals surface area contributed by atoms with E-state index in [-0.39, 0.29) is 29.1 Å². The lowest BCUT2D eigenvalue weighted by Gasteiger charge is -2.22. The van der Waals surface area contributed by atoms with Crippen molar-refractivity contribution < 1.29 is 18.0 Å². The molecule has 25 heavy (non-hydrogen) atoms. The predicted octanol–water partition coefficient (Wildman–Crippen LogP) is 2.04. The normalized spacial score (nSPS) is 11.1. The van der Waals surface area contributed by atoms with Gasteiger partial charge in [0.25, 0.3) is 0 Å². The highest BCUT2D eigenvalue weighted by Gasteiger charge is 2.17. The Balaban J connectivity index is 2.07. The molecule has 0 fully saturated rings. The number of nitrogens with zero attached hydrogens (tertiary/aromatic N) is 1. The number of amides is 2. The van der Waals surface area contributed by atoms with Gasteiger partial charge in [-0.2, -0.15) is 0 Å². The first kappa shape index (κ1) is 19.1.